The van der Waals surface area contributed by atoms with Crippen LogP contribution in [0.2, 0.25) is 0 Å². The molecule has 2 aromatic rings. The van der Waals surface area contributed by atoms with E-state index in [0.717, 1.165) is 18.2 Å². The Balaban J connectivity index is 2.25. The van der Waals surface area contributed by atoms with Crippen molar-refractivity contribution in [2.45, 2.75) is 15.2 Å². The Morgan fingerprint density at radius 2 is 1.38 bits per heavy atom. The van der Waals surface area contributed by atoms with Crippen LogP contribution in [0.25, 0.3) is 5.57 Å². The average molecular weight is 509 g/mol. The molecule has 14 heteroatoms. The molecule has 0 saturated carbocycles. The van der Waals surface area contributed by atoms with Gasteiger partial charge >= 0.3 is 0 Å². The topological polar surface area (TPSA) is 247 Å². The second kappa shape index (κ2) is 8.25. The van der Waals surface area contributed by atoms with Gasteiger partial charge in [-0.1, -0.05) is 30.4 Å². The molecular formula is C20H20N4O8S2. The van der Waals surface area contributed by atoms with Crippen molar-refractivity contribution in [1.29, 1.82) is 0 Å². The van der Waals surface area contributed by atoms with Gasteiger partial charge in [0.05, 0.1) is 17.3 Å². The second-order valence-electron chi connectivity index (χ2n) is 7.52. The van der Waals surface area contributed by atoms with Gasteiger partial charge in [-0.3, -0.25) is 18.7 Å². The number of rotatable bonds is 6. The summed E-state index contributed by atoms with van der Waals surface area (Å²) in [5, 5.41) is 0. The Morgan fingerprint density at radius 3 is 1.88 bits per heavy atom. The van der Waals surface area contributed by atoms with E-state index in [9.17, 15) is 35.5 Å². The highest BCUT2D eigenvalue weighted by molar-refractivity contribution is 7.86. The van der Waals surface area contributed by atoms with Gasteiger partial charge in [-0.15, -0.1) is 0 Å². The summed E-state index contributed by atoms with van der Waals surface area (Å²) in [5.41, 5.74) is 20.3. The van der Waals surface area contributed by atoms with Gasteiger partial charge in [0.15, 0.2) is 0 Å². The maximum Gasteiger partial charge on any atom is 0.296 e. The molecule has 0 saturated heterocycles. The largest absolute Gasteiger partial charge is 0.398 e. The summed E-state index contributed by atoms with van der Waals surface area (Å²) in [6.07, 6.45) is 3.80. The molecule has 0 bridgehead atoms. The lowest BCUT2D eigenvalue weighted by molar-refractivity contribution is -0.130. The summed E-state index contributed by atoms with van der Waals surface area (Å²) >= 11 is 0. The highest BCUT2D eigenvalue weighted by atomic mass is 32.2. The molecule has 0 spiro atoms. The van der Waals surface area contributed by atoms with Crippen LogP contribution < -0.4 is 22.9 Å². The van der Waals surface area contributed by atoms with E-state index in [1.54, 1.807) is 0 Å². The SMILES string of the molecule is NC(=O)C1C=C(c2ccc(N)c(S(=O)(=O)O)c2)C=CC1(C(N)=O)c1ccc(N)c(S(=O)(=O)O)c1. The molecule has 1 aliphatic rings. The first-order chi connectivity index (χ1) is 15.6. The van der Waals surface area contributed by atoms with Crippen molar-refractivity contribution < 1.29 is 35.5 Å². The van der Waals surface area contributed by atoms with Crippen LogP contribution in [0.5, 0.6) is 0 Å². The van der Waals surface area contributed by atoms with Gasteiger partial charge in [0.1, 0.15) is 15.2 Å². The van der Waals surface area contributed by atoms with E-state index in [1.165, 1.54) is 36.4 Å². The number of amides is 2. The summed E-state index contributed by atoms with van der Waals surface area (Å²) in [6.45, 7) is 0. The number of nitrogens with two attached hydrogens (primary N) is 4. The van der Waals surface area contributed by atoms with Crippen LogP contribution in [0.3, 0.4) is 0 Å². The normalized spacial score (nSPS) is 20.5. The molecule has 180 valence electrons. The molecule has 0 fully saturated rings. The number of carbonyl (C=O) groups is 2. The monoisotopic (exact) mass is 508 g/mol. The quantitative estimate of drug-likeness (QED) is 0.222. The molecule has 0 heterocycles. The highest BCUT2D eigenvalue weighted by Gasteiger charge is 2.48. The fraction of sp³-hybridized carbons (Fsp3) is 0.100. The fourth-order valence-electron chi connectivity index (χ4n) is 3.80. The first kappa shape index (κ1) is 24.9. The van der Waals surface area contributed by atoms with Crippen LogP contribution in [0, 0.1) is 5.92 Å². The Kier molecular flexibility index (Phi) is 6.04. The number of hydrogen-bond donors (Lipinski definition) is 6. The van der Waals surface area contributed by atoms with Crippen molar-refractivity contribution in [3.8, 4) is 0 Å². The summed E-state index contributed by atoms with van der Waals surface area (Å²) in [7, 11) is -9.45. The Labute approximate surface area is 194 Å². The predicted octanol–water partition coefficient (Wildman–Crippen LogP) is -0.178. The predicted molar refractivity (Wildman–Crippen MR) is 122 cm³/mol. The van der Waals surface area contributed by atoms with E-state index in [4.69, 9.17) is 22.9 Å². The van der Waals surface area contributed by atoms with Crippen LogP contribution >= 0.6 is 0 Å². The van der Waals surface area contributed by atoms with Crippen LogP contribution in [0.15, 0.2) is 64.4 Å². The van der Waals surface area contributed by atoms with E-state index >= 15 is 0 Å². The van der Waals surface area contributed by atoms with Crippen molar-refractivity contribution >= 4 is 49.0 Å². The minimum absolute atomic E-state index is 0.0897. The molecule has 10 N–H and O–H groups in total. The van der Waals surface area contributed by atoms with E-state index in [1.807, 2.05) is 0 Å². The highest BCUT2D eigenvalue weighted by Crippen LogP contribution is 2.42. The first-order valence-electron chi connectivity index (χ1n) is 9.34. The molecule has 0 aromatic heterocycles. The van der Waals surface area contributed by atoms with E-state index in [2.05, 4.69) is 0 Å². The molecule has 1 aliphatic carbocycles. The zero-order valence-corrected chi connectivity index (χ0v) is 18.9. The molecular weight excluding hydrogens is 488 g/mol. The van der Waals surface area contributed by atoms with Crippen LogP contribution in [0.1, 0.15) is 11.1 Å². The average Bonchev–Trinajstić information content (AvgIpc) is 2.72. The van der Waals surface area contributed by atoms with Crippen LogP contribution in [-0.2, 0) is 35.2 Å². The molecule has 2 amide bonds. The van der Waals surface area contributed by atoms with Gasteiger partial charge in [0.2, 0.25) is 11.8 Å². The second-order valence-corrected chi connectivity index (χ2v) is 10.3. The van der Waals surface area contributed by atoms with Gasteiger partial charge in [-0.05, 0) is 41.0 Å². The van der Waals surface area contributed by atoms with Gasteiger partial charge in [0.25, 0.3) is 20.2 Å². The fourth-order valence-corrected chi connectivity index (χ4v) is 5.08. The van der Waals surface area contributed by atoms with Gasteiger partial charge < -0.3 is 22.9 Å². The summed E-state index contributed by atoms with van der Waals surface area (Å²) in [4.78, 5) is 23.8. The third-order valence-electron chi connectivity index (χ3n) is 5.47. The number of benzene rings is 2. The standard InChI is InChI=1S/C20H20N4O8S2/c21-14-3-1-10(8-16(14)33(27,28)29)11-5-6-20(19(24)26,13(7-11)18(23)25)12-2-4-15(22)17(9-12)34(30,31)32/h1-9,13H,21-22H2,(H2,23,25)(H2,24,26)(H,27,28,29)(H,30,31,32). The first-order valence-corrected chi connectivity index (χ1v) is 12.2. The van der Waals surface area contributed by atoms with Crippen molar-refractivity contribution in [3.05, 3.63) is 65.8 Å². The van der Waals surface area contributed by atoms with Crippen LogP contribution in [-0.4, -0.2) is 37.8 Å². The molecule has 0 radical (unpaired) electrons. The van der Waals surface area contributed by atoms with Crippen molar-refractivity contribution in [2.75, 3.05) is 11.5 Å². The van der Waals surface area contributed by atoms with Crippen molar-refractivity contribution in [2.24, 2.45) is 17.4 Å². The van der Waals surface area contributed by atoms with Gasteiger partial charge in [-0.25, -0.2) is 0 Å². The molecule has 3 rings (SSSR count). The maximum absolute atomic E-state index is 12.7. The minimum Gasteiger partial charge on any atom is -0.398 e. The smallest absolute Gasteiger partial charge is 0.296 e. The third-order valence-corrected chi connectivity index (χ3v) is 7.29. The summed E-state index contributed by atoms with van der Waals surface area (Å²) in [5.74, 6) is -3.55. The third kappa shape index (κ3) is 4.26. The molecule has 0 aliphatic heterocycles. The zero-order chi connectivity index (χ0) is 25.6. The molecule has 2 unspecified atom stereocenters. The Bertz CT molecular complexity index is 1500. The van der Waals surface area contributed by atoms with E-state index in [0.29, 0.717) is 0 Å². The molecule has 2 aromatic carbocycles. The lowest BCUT2D eigenvalue weighted by Crippen LogP contribution is -2.51. The molecule has 2 atom stereocenters. The van der Waals surface area contributed by atoms with Crippen molar-refractivity contribution in [3.63, 3.8) is 0 Å². The summed E-state index contributed by atoms with van der Waals surface area (Å²) < 4.78 is 65.5. The van der Waals surface area contributed by atoms with Crippen LogP contribution in [0.4, 0.5) is 11.4 Å². The maximum atomic E-state index is 12.7. The molecule has 12 nitrogen and oxygen atoms in total. The van der Waals surface area contributed by atoms with E-state index < -0.39 is 53.2 Å². The number of allylic oxidation sites excluding steroid dienone is 2. The Morgan fingerprint density at radius 1 is 0.853 bits per heavy atom. The number of hydrogen-bond acceptors (Lipinski definition) is 8. The summed E-state index contributed by atoms with van der Waals surface area (Å²) in [6, 6.07) is 6.99. The number of primary amides is 2. The number of carbonyl (C=O) groups excluding carboxylic acids is 2. The van der Waals surface area contributed by atoms with Crippen molar-refractivity contribution in [1.82, 2.24) is 0 Å². The molecule has 34 heavy (non-hydrogen) atoms. The Hall–Kier alpha value is -3.72. The number of nitrogen functional groups attached to an aromatic ring is 2. The van der Waals surface area contributed by atoms with E-state index in [-0.39, 0.29) is 28.1 Å². The van der Waals surface area contributed by atoms with Gasteiger partial charge in [0, 0.05) is 0 Å². The lowest BCUT2D eigenvalue weighted by Gasteiger charge is -2.36. The number of anilines is 2. The zero-order valence-electron chi connectivity index (χ0n) is 17.2. The lowest BCUT2D eigenvalue weighted by atomic mass is 9.65. The van der Waals surface area contributed by atoms with Gasteiger partial charge in [-0.2, -0.15) is 16.8 Å². The minimum atomic E-state index is -4.79.